The first-order valence-corrected chi connectivity index (χ1v) is 10.4. The van der Waals surface area contributed by atoms with E-state index in [0.717, 1.165) is 19.4 Å². The number of amides is 2. The molecule has 2 heterocycles. The minimum absolute atomic E-state index is 0.0417. The average molecular weight is 390 g/mol. The van der Waals surface area contributed by atoms with Gasteiger partial charge in [-0.25, -0.2) is 0 Å². The summed E-state index contributed by atoms with van der Waals surface area (Å²) in [6.45, 7) is 6.38. The average Bonchev–Trinajstić information content (AvgIpc) is 3.44. The summed E-state index contributed by atoms with van der Waals surface area (Å²) in [5.74, 6) is 1.22. The molecule has 146 valence electrons. The van der Waals surface area contributed by atoms with E-state index in [9.17, 15) is 9.59 Å². The van der Waals surface area contributed by atoms with Gasteiger partial charge in [-0.3, -0.25) is 14.9 Å². The number of carbonyl (C=O) groups excluding carboxylic acids is 2. The number of nitrogens with one attached hydrogen (secondary N) is 1. The van der Waals surface area contributed by atoms with Crippen LogP contribution < -0.4 is 5.32 Å². The van der Waals surface area contributed by atoms with Crippen LogP contribution >= 0.6 is 11.6 Å². The summed E-state index contributed by atoms with van der Waals surface area (Å²) in [5.41, 5.74) is 0.381. The molecule has 1 aliphatic carbocycles. The van der Waals surface area contributed by atoms with Crippen molar-refractivity contribution in [1.82, 2.24) is 15.1 Å². The molecule has 0 radical (unpaired) electrons. The Hall–Kier alpha value is -1.59. The number of carbonyl (C=O) groups is 2. The van der Waals surface area contributed by atoms with Crippen molar-refractivity contribution in [3.63, 3.8) is 0 Å². The lowest BCUT2D eigenvalue weighted by molar-refractivity contribution is -0.134. The second-order valence-corrected chi connectivity index (χ2v) is 9.03. The number of hydrogen-bond donors (Lipinski definition) is 1. The summed E-state index contributed by atoms with van der Waals surface area (Å²) in [5, 5.41) is 4.30. The maximum atomic E-state index is 13.0. The second-order valence-electron chi connectivity index (χ2n) is 8.59. The third kappa shape index (κ3) is 3.59. The van der Waals surface area contributed by atoms with Gasteiger partial charge in [0, 0.05) is 43.1 Å². The van der Waals surface area contributed by atoms with Gasteiger partial charge in [-0.1, -0.05) is 25.4 Å². The summed E-state index contributed by atoms with van der Waals surface area (Å²) in [4.78, 5) is 29.8. The fourth-order valence-corrected chi connectivity index (χ4v) is 4.48. The molecule has 0 unspecified atom stereocenters. The molecule has 2 saturated heterocycles. The van der Waals surface area contributed by atoms with Gasteiger partial charge in [0.1, 0.15) is 0 Å². The Morgan fingerprint density at radius 1 is 1.22 bits per heavy atom. The maximum absolute atomic E-state index is 13.0. The molecule has 4 rings (SSSR count). The maximum Gasteiger partial charge on any atom is 0.253 e. The highest BCUT2D eigenvalue weighted by Gasteiger charge is 2.53. The van der Waals surface area contributed by atoms with Crippen molar-refractivity contribution >= 4 is 23.4 Å². The van der Waals surface area contributed by atoms with Crippen LogP contribution in [0.5, 0.6) is 0 Å². The highest BCUT2D eigenvalue weighted by atomic mass is 35.5. The standard InChI is InChI=1S/C21H28ClN3O2/c1-14(2)18-20(27)25(13-15-3-4-15)21(23-18)9-11-24(12-10-21)19(26)16-5-7-17(22)8-6-16/h5-8,14-15,18,23H,3-4,9-13H2,1-2H3/t18-/m0/s1. The predicted octanol–water partition coefficient (Wildman–Crippen LogP) is 3.14. The molecule has 5 nitrogen and oxygen atoms in total. The van der Waals surface area contributed by atoms with Crippen LogP contribution in [0.4, 0.5) is 0 Å². The van der Waals surface area contributed by atoms with Gasteiger partial charge in [-0.2, -0.15) is 0 Å². The molecule has 1 aromatic rings. The van der Waals surface area contributed by atoms with Gasteiger partial charge < -0.3 is 9.80 Å². The van der Waals surface area contributed by atoms with E-state index in [2.05, 4.69) is 24.1 Å². The third-order valence-corrected chi connectivity index (χ3v) is 6.50. The number of nitrogens with zero attached hydrogens (tertiary/aromatic N) is 2. The van der Waals surface area contributed by atoms with Gasteiger partial charge in [-0.15, -0.1) is 0 Å². The minimum atomic E-state index is -0.286. The van der Waals surface area contributed by atoms with E-state index >= 15 is 0 Å². The van der Waals surface area contributed by atoms with Crippen LogP contribution in [0.15, 0.2) is 24.3 Å². The van der Waals surface area contributed by atoms with Crippen molar-refractivity contribution in [2.24, 2.45) is 11.8 Å². The lowest BCUT2D eigenvalue weighted by Gasteiger charge is -2.45. The molecule has 1 atom stereocenters. The van der Waals surface area contributed by atoms with E-state index < -0.39 is 0 Å². The molecule has 2 aliphatic heterocycles. The first kappa shape index (κ1) is 18.8. The molecule has 3 fully saturated rings. The molecular formula is C21H28ClN3O2. The van der Waals surface area contributed by atoms with E-state index in [1.807, 2.05) is 4.90 Å². The molecule has 27 heavy (non-hydrogen) atoms. The Labute approximate surface area is 166 Å². The highest BCUT2D eigenvalue weighted by molar-refractivity contribution is 6.30. The number of likely N-dealkylation sites (tertiary alicyclic amines) is 1. The van der Waals surface area contributed by atoms with Crippen molar-refractivity contribution in [2.75, 3.05) is 19.6 Å². The topological polar surface area (TPSA) is 52.7 Å². The van der Waals surface area contributed by atoms with Gasteiger partial charge in [0.2, 0.25) is 5.91 Å². The molecule has 3 aliphatic rings. The van der Waals surface area contributed by atoms with Gasteiger partial charge in [0.15, 0.2) is 0 Å². The van der Waals surface area contributed by atoms with Crippen LogP contribution in [0.2, 0.25) is 5.02 Å². The summed E-state index contributed by atoms with van der Waals surface area (Å²) in [6, 6.07) is 6.95. The highest BCUT2D eigenvalue weighted by Crippen LogP contribution is 2.39. The predicted molar refractivity (Wildman–Crippen MR) is 106 cm³/mol. The first-order chi connectivity index (χ1) is 12.9. The molecular weight excluding hydrogens is 362 g/mol. The molecule has 1 N–H and O–H groups in total. The number of halogens is 1. The van der Waals surface area contributed by atoms with Crippen molar-refractivity contribution < 1.29 is 9.59 Å². The number of piperidine rings is 1. The monoisotopic (exact) mass is 389 g/mol. The molecule has 1 saturated carbocycles. The van der Waals surface area contributed by atoms with Gasteiger partial charge in [0.05, 0.1) is 11.7 Å². The summed E-state index contributed by atoms with van der Waals surface area (Å²) in [6.07, 6.45) is 4.03. The van der Waals surface area contributed by atoms with Gasteiger partial charge in [0.25, 0.3) is 5.91 Å². The van der Waals surface area contributed by atoms with Crippen molar-refractivity contribution in [1.29, 1.82) is 0 Å². The molecule has 0 bridgehead atoms. The molecule has 1 spiro atoms. The van der Waals surface area contributed by atoms with E-state index in [1.165, 1.54) is 12.8 Å². The Balaban J connectivity index is 1.47. The second kappa shape index (κ2) is 7.10. The van der Waals surface area contributed by atoms with E-state index in [1.54, 1.807) is 24.3 Å². The SMILES string of the molecule is CC(C)[C@@H]1NC2(CCN(C(=O)c3ccc(Cl)cc3)CC2)N(CC2CC2)C1=O. The van der Waals surface area contributed by atoms with Crippen LogP contribution in [0.25, 0.3) is 0 Å². The van der Waals surface area contributed by atoms with Gasteiger partial charge >= 0.3 is 0 Å². The van der Waals surface area contributed by atoms with Crippen molar-refractivity contribution in [3.05, 3.63) is 34.9 Å². The largest absolute Gasteiger partial charge is 0.338 e. The summed E-state index contributed by atoms with van der Waals surface area (Å²) >= 11 is 5.93. The summed E-state index contributed by atoms with van der Waals surface area (Å²) in [7, 11) is 0. The number of hydrogen-bond acceptors (Lipinski definition) is 3. The Morgan fingerprint density at radius 3 is 2.41 bits per heavy atom. The smallest absolute Gasteiger partial charge is 0.253 e. The fourth-order valence-electron chi connectivity index (χ4n) is 4.35. The van der Waals surface area contributed by atoms with E-state index in [0.29, 0.717) is 29.6 Å². The van der Waals surface area contributed by atoms with Crippen LogP contribution in [0.3, 0.4) is 0 Å². The Morgan fingerprint density at radius 2 is 1.85 bits per heavy atom. The molecule has 2 amide bonds. The zero-order chi connectivity index (χ0) is 19.2. The minimum Gasteiger partial charge on any atom is -0.338 e. The Bertz CT molecular complexity index is 721. The zero-order valence-electron chi connectivity index (χ0n) is 16.1. The molecule has 6 heteroatoms. The fraction of sp³-hybridized carbons (Fsp3) is 0.619. The van der Waals surface area contributed by atoms with Crippen molar-refractivity contribution in [2.45, 2.75) is 51.2 Å². The normalized spacial score (nSPS) is 24.9. The van der Waals surface area contributed by atoms with E-state index in [-0.39, 0.29) is 29.4 Å². The zero-order valence-corrected chi connectivity index (χ0v) is 16.8. The summed E-state index contributed by atoms with van der Waals surface area (Å²) < 4.78 is 0. The molecule has 0 aromatic heterocycles. The van der Waals surface area contributed by atoms with Crippen LogP contribution in [-0.4, -0.2) is 53.0 Å². The van der Waals surface area contributed by atoms with E-state index in [4.69, 9.17) is 11.6 Å². The Kier molecular flexibility index (Phi) is 4.93. The van der Waals surface area contributed by atoms with Crippen LogP contribution in [0.1, 0.15) is 49.9 Å². The van der Waals surface area contributed by atoms with Crippen molar-refractivity contribution in [3.8, 4) is 0 Å². The number of rotatable bonds is 4. The lowest BCUT2D eigenvalue weighted by atomic mass is 9.94. The first-order valence-electron chi connectivity index (χ1n) is 10.0. The number of benzene rings is 1. The van der Waals surface area contributed by atoms with Crippen LogP contribution in [-0.2, 0) is 4.79 Å². The van der Waals surface area contributed by atoms with Crippen LogP contribution in [0, 0.1) is 11.8 Å². The van der Waals surface area contributed by atoms with Gasteiger partial charge in [-0.05, 0) is 48.9 Å². The lowest BCUT2D eigenvalue weighted by Crippen LogP contribution is -2.60. The molecule has 1 aromatic carbocycles. The third-order valence-electron chi connectivity index (χ3n) is 6.25. The quantitative estimate of drug-likeness (QED) is 0.860.